The van der Waals surface area contributed by atoms with Crippen LogP contribution in [-0.4, -0.2) is 0 Å². The lowest BCUT2D eigenvalue weighted by Gasteiger charge is -2.03. The molecule has 13 heavy (non-hydrogen) atoms. The van der Waals surface area contributed by atoms with Crippen LogP contribution < -0.4 is 0 Å². The highest BCUT2D eigenvalue weighted by Crippen LogP contribution is 2.28. The van der Waals surface area contributed by atoms with Crippen LogP contribution in [0, 0.1) is 12.7 Å². The van der Waals surface area contributed by atoms with E-state index in [1.54, 1.807) is 12.1 Å². The molecule has 0 nitrogen and oxygen atoms in total. The van der Waals surface area contributed by atoms with Gasteiger partial charge < -0.3 is 0 Å². The van der Waals surface area contributed by atoms with Gasteiger partial charge in [0.1, 0.15) is 5.82 Å². The Morgan fingerprint density at radius 2 is 2.08 bits per heavy atom. The maximum atomic E-state index is 13.1. The topological polar surface area (TPSA) is 0 Å². The molecule has 0 aliphatic heterocycles. The lowest BCUT2D eigenvalue weighted by atomic mass is 10.0. The van der Waals surface area contributed by atoms with E-state index in [-0.39, 0.29) is 5.82 Å². The minimum Gasteiger partial charge on any atom is -0.207 e. The van der Waals surface area contributed by atoms with E-state index in [9.17, 15) is 4.39 Å². The average molecular weight is 176 g/mol. The zero-order valence-corrected chi connectivity index (χ0v) is 7.81. The van der Waals surface area contributed by atoms with Crippen molar-refractivity contribution in [2.24, 2.45) is 0 Å². The van der Waals surface area contributed by atoms with Crippen molar-refractivity contribution in [3.63, 3.8) is 0 Å². The smallest absolute Gasteiger partial charge is 0.124 e. The van der Waals surface area contributed by atoms with Crippen molar-refractivity contribution in [3.8, 4) is 0 Å². The molecule has 0 saturated carbocycles. The molecule has 0 aromatic heterocycles. The van der Waals surface area contributed by atoms with Crippen molar-refractivity contribution < 1.29 is 4.39 Å². The van der Waals surface area contributed by atoms with Crippen molar-refractivity contribution in [1.82, 2.24) is 0 Å². The van der Waals surface area contributed by atoms with Crippen LogP contribution in [0.4, 0.5) is 4.39 Å². The summed E-state index contributed by atoms with van der Waals surface area (Å²) >= 11 is 0. The zero-order chi connectivity index (χ0) is 9.26. The molecule has 1 heteroatoms. The van der Waals surface area contributed by atoms with Gasteiger partial charge in [0.05, 0.1) is 0 Å². The Labute approximate surface area is 78.1 Å². The van der Waals surface area contributed by atoms with Gasteiger partial charge in [0.2, 0.25) is 0 Å². The third kappa shape index (κ3) is 1.80. The van der Waals surface area contributed by atoms with Crippen molar-refractivity contribution in [2.75, 3.05) is 0 Å². The van der Waals surface area contributed by atoms with Crippen LogP contribution in [0.25, 0.3) is 5.57 Å². The molecule has 0 spiro atoms. The molecule has 0 saturated heterocycles. The summed E-state index contributed by atoms with van der Waals surface area (Å²) in [5.41, 5.74) is 3.38. The van der Waals surface area contributed by atoms with E-state index in [1.807, 2.05) is 6.92 Å². The Balaban J connectivity index is 2.39. The summed E-state index contributed by atoms with van der Waals surface area (Å²) in [5, 5.41) is 0. The Bertz CT molecular complexity index is 330. The monoisotopic (exact) mass is 176 g/mol. The van der Waals surface area contributed by atoms with Crippen LogP contribution in [-0.2, 0) is 0 Å². The lowest BCUT2D eigenvalue weighted by molar-refractivity contribution is 0.626. The molecule has 0 bridgehead atoms. The van der Waals surface area contributed by atoms with Crippen LogP contribution >= 0.6 is 0 Å². The van der Waals surface area contributed by atoms with E-state index < -0.39 is 0 Å². The van der Waals surface area contributed by atoms with E-state index in [2.05, 4.69) is 12.1 Å². The summed E-state index contributed by atoms with van der Waals surface area (Å²) in [4.78, 5) is 0. The molecular weight excluding hydrogens is 163 g/mol. The summed E-state index contributed by atoms with van der Waals surface area (Å²) in [6.07, 6.45) is 5.67. The highest BCUT2D eigenvalue weighted by atomic mass is 19.1. The molecule has 0 atom stereocenters. The first-order chi connectivity index (χ1) is 6.25. The molecule has 1 aliphatic carbocycles. The van der Waals surface area contributed by atoms with Gasteiger partial charge in [-0.05, 0) is 55.0 Å². The zero-order valence-electron chi connectivity index (χ0n) is 7.81. The first-order valence-corrected chi connectivity index (χ1v) is 4.72. The Morgan fingerprint density at radius 3 is 2.69 bits per heavy atom. The van der Waals surface area contributed by atoms with Crippen LogP contribution in [0.2, 0.25) is 0 Å². The molecule has 0 fully saturated rings. The summed E-state index contributed by atoms with van der Waals surface area (Å²) in [6, 6.07) is 5.25. The molecule has 0 amide bonds. The van der Waals surface area contributed by atoms with Crippen molar-refractivity contribution in [1.29, 1.82) is 0 Å². The Hall–Kier alpha value is -1.11. The molecule has 0 heterocycles. The number of hydrogen-bond acceptors (Lipinski definition) is 0. The predicted molar refractivity (Wildman–Crippen MR) is 53.0 cm³/mol. The van der Waals surface area contributed by atoms with Crippen LogP contribution in [0.1, 0.15) is 30.4 Å². The fourth-order valence-corrected chi connectivity index (χ4v) is 1.85. The Kier molecular flexibility index (Phi) is 2.17. The van der Waals surface area contributed by atoms with Gasteiger partial charge in [0, 0.05) is 0 Å². The summed E-state index contributed by atoms with van der Waals surface area (Å²) in [6.45, 7) is 1.93. The molecule has 1 aliphatic rings. The highest BCUT2D eigenvalue weighted by Gasteiger charge is 2.08. The number of halogens is 1. The number of rotatable bonds is 1. The van der Waals surface area contributed by atoms with Crippen LogP contribution in [0.15, 0.2) is 24.3 Å². The van der Waals surface area contributed by atoms with Gasteiger partial charge in [-0.1, -0.05) is 12.1 Å². The van der Waals surface area contributed by atoms with Crippen LogP contribution in [0.3, 0.4) is 0 Å². The van der Waals surface area contributed by atoms with E-state index in [0.29, 0.717) is 0 Å². The van der Waals surface area contributed by atoms with Gasteiger partial charge in [0.15, 0.2) is 0 Å². The Morgan fingerprint density at radius 1 is 1.23 bits per heavy atom. The predicted octanol–water partition coefficient (Wildman–Crippen LogP) is 3.70. The summed E-state index contributed by atoms with van der Waals surface area (Å²) in [7, 11) is 0. The van der Waals surface area contributed by atoms with Gasteiger partial charge >= 0.3 is 0 Å². The largest absolute Gasteiger partial charge is 0.207 e. The molecular formula is C12H13F. The molecule has 2 rings (SSSR count). The SMILES string of the molecule is Cc1cc(F)cc(C2=CCCC2)c1. The average Bonchev–Trinajstić information content (AvgIpc) is 2.53. The van der Waals surface area contributed by atoms with Crippen LogP contribution in [0.5, 0.6) is 0 Å². The molecule has 68 valence electrons. The first kappa shape index (κ1) is 8.49. The van der Waals surface area contributed by atoms with E-state index in [1.165, 1.54) is 12.0 Å². The highest BCUT2D eigenvalue weighted by molar-refractivity contribution is 5.67. The van der Waals surface area contributed by atoms with Gasteiger partial charge in [0.25, 0.3) is 0 Å². The molecule has 1 aromatic carbocycles. The first-order valence-electron chi connectivity index (χ1n) is 4.72. The minimum absolute atomic E-state index is 0.122. The number of aryl methyl sites for hydroxylation is 1. The summed E-state index contributed by atoms with van der Waals surface area (Å²) < 4.78 is 13.1. The fraction of sp³-hybridized carbons (Fsp3) is 0.333. The number of benzene rings is 1. The summed E-state index contributed by atoms with van der Waals surface area (Å²) in [5.74, 6) is -0.122. The van der Waals surface area contributed by atoms with Crippen molar-refractivity contribution in [2.45, 2.75) is 26.2 Å². The van der Waals surface area contributed by atoms with E-state index in [0.717, 1.165) is 24.0 Å². The molecule has 0 radical (unpaired) electrons. The van der Waals surface area contributed by atoms with E-state index in [4.69, 9.17) is 0 Å². The molecule has 1 aromatic rings. The lowest BCUT2D eigenvalue weighted by Crippen LogP contribution is -1.85. The van der Waals surface area contributed by atoms with Gasteiger partial charge in [-0.15, -0.1) is 0 Å². The van der Waals surface area contributed by atoms with Crippen molar-refractivity contribution >= 4 is 5.57 Å². The number of allylic oxidation sites excluding steroid dienone is 2. The minimum atomic E-state index is -0.122. The van der Waals surface area contributed by atoms with Gasteiger partial charge in [-0.3, -0.25) is 0 Å². The second-order valence-corrected chi connectivity index (χ2v) is 3.64. The van der Waals surface area contributed by atoms with Crippen molar-refractivity contribution in [3.05, 3.63) is 41.2 Å². The van der Waals surface area contributed by atoms with Gasteiger partial charge in [-0.2, -0.15) is 0 Å². The maximum absolute atomic E-state index is 13.1. The quantitative estimate of drug-likeness (QED) is 0.612. The normalized spacial score (nSPS) is 16.0. The van der Waals surface area contributed by atoms with Gasteiger partial charge in [-0.25, -0.2) is 4.39 Å². The fourth-order valence-electron chi connectivity index (χ4n) is 1.85. The second-order valence-electron chi connectivity index (χ2n) is 3.64. The third-order valence-corrected chi connectivity index (χ3v) is 2.45. The maximum Gasteiger partial charge on any atom is 0.124 e. The molecule has 0 N–H and O–H groups in total. The second kappa shape index (κ2) is 3.33. The standard InChI is InChI=1S/C12H13F/c1-9-6-11(8-12(13)7-9)10-4-2-3-5-10/h4,6-8H,2-3,5H2,1H3. The molecule has 0 unspecified atom stereocenters. The van der Waals surface area contributed by atoms with E-state index >= 15 is 0 Å². The third-order valence-electron chi connectivity index (χ3n) is 2.45. The number of hydrogen-bond donors (Lipinski definition) is 0.